The van der Waals surface area contributed by atoms with Gasteiger partial charge in [0.2, 0.25) is 0 Å². The Balaban J connectivity index is 2.21. The Morgan fingerprint density at radius 1 is 1.00 bits per heavy atom. The van der Waals surface area contributed by atoms with Gasteiger partial charge in [-0.1, -0.05) is 18.2 Å². The van der Waals surface area contributed by atoms with Crippen LogP contribution in [0.15, 0.2) is 42.5 Å². The van der Waals surface area contributed by atoms with Gasteiger partial charge in [0, 0.05) is 9.61 Å². The van der Waals surface area contributed by atoms with Crippen LogP contribution in [0.5, 0.6) is 0 Å². The molecule has 0 saturated heterocycles. The van der Waals surface area contributed by atoms with Gasteiger partial charge in [-0.05, 0) is 59.3 Å². The lowest BCUT2D eigenvalue weighted by molar-refractivity contribution is 0.584. The second-order valence-corrected chi connectivity index (χ2v) is 5.26. The molecule has 2 aromatic carbocycles. The summed E-state index contributed by atoms with van der Waals surface area (Å²) < 4.78 is 28.1. The maximum Gasteiger partial charge on any atom is 0.149 e. The maximum absolute atomic E-state index is 13.5. The highest BCUT2D eigenvalue weighted by Crippen LogP contribution is 2.24. The smallest absolute Gasteiger partial charge is 0.149 e. The third-order valence-corrected chi connectivity index (χ3v) is 3.41. The Labute approximate surface area is 118 Å². The molecule has 4 heteroatoms. The lowest BCUT2D eigenvalue weighted by Gasteiger charge is -2.16. The van der Waals surface area contributed by atoms with Crippen molar-refractivity contribution in [1.29, 1.82) is 0 Å². The van der Waals surface area contributed by atoms with Crippen molar-refractivity contribution < 1.29 is 8.78 Å². The summed E-state index contributed by atoms with van der Waals surface area (Å²) in [5, 5.41) is 2.86. The molecule has 1 unspecified atom stereocenters. The van der Waals surface area contributed by atoms with E-state index < -0.39 is 11.6 Å². The van der Waals surface area contributed by atoms with Crippen molar-refractivity contribution in [2.24, 2.45) is 0 Å². The Bertz CT molecular complexity index is 520. The summed E-state index contributed by atoms with van der Waals surface area (Å²) in [6.45, 7) is 1.87. The Morgan fingerprint density at radius 2 is 1.56 bits per heavy atom. The van der Waals surface area contributed by atoms with E-state index in [0.717, 1.165) is 9.13 Å². The fourth-order valence-electron chi connectivity index (χ4n) is 1.69. The number of halogens is 3. The highest BCUT2D eigenvalue weighted by Gasteiger charge is 2.12. The van der Waals surface area contributed by atoms with Crippen LogP contribution >= 0.6 is 22.6 Å². The summed E-state index contributed by atoms with van der Waals surface area (Å²) >= 11 is 2.21. The summed E-state index contributed by atoms with van der Waals surface area (Å²) in [6, 6.07) is 11.5. The quantitative estimate of drug-likeness (QED) is 0.781. The fraction of sp³-hybridized carbons (Fsp3) is 0.143. The molecule has 0 bridgehead atoms. The number of anilines is 1. The van der Waals surface area contributed by atoms with Crippen LogP contribution in [0.25, 0.3) is 0 Å². The summed E-state index contributed by atoms with van der Waals surface area (Å²) in [7, 11) is 0. The number of benzene rings is 2. The van der Waals surface area contributed by atoms with Crippen LogP contribution in [0, 0.1) is 15.2 Å². The van der Waals surface area contributed by atoms with Crippen LogP contribution in [-0.2, 0) is 0 Å². The van der Waals surface area contributed by atoms with Gasteiger partial charge in [0.25, 0.3) is 0 Å². The standard InChI is InChI=1S/C14H12F2IN/c1-9(10-5-7-11(17)8-6-10)18-14-12(15)3-2-4-13(14)16/h2-9,18H,1H3. The van der Waals surface area contributed by atoms with Crippen LogP contribution in [0.2, 0.25) is 0 Å². The fourth-order valence-corrected chi connectivity index (χ4v) is 2.05. The van der Waals surface area contributed by atoms with Crippen LogP contribution < -0.4 is 5.32 Å². The van der Waals surface area contributed by atoms with E-state index in [0.29, 0.717) is 0 Å². The topological polar surface area (TPSA) is 12.0 Å². The molecule has 2 aromatic rings. The Hall–Kier alpha value is -1.17. The van der Waals surface area contributed by atoms with E-state index in [1.165, 1.54) is 18.2 Å². The highest BCUT2D eigenvalue weighted by molar-refractivity contribution is 14.1. The minimum atomic E-state index is -0.577. The molecule has 0 fully saturated rings. The molecule has 1 atom stereocenters. The molecule has 0 aliphatic rings. The third kappa shape index (κ3) is 2.98. The first-order valence-electron chi connectivity index (χ1n) is 5.54. The van der Waals surface area contributed by atoms with E-state index in [9.17, 15) is 8.78 Å². The molecular formula is C14H12F2IN. The average Bonchev–Trinajstić information content (AvgIpc) is 2.34. The van der Waals surface area contributed by atoms with Crippen molar-refractivity contribution in [3.63, 3.8) is 0 Å². The average molecular weight is 359 g/mol. The van der Waals surface area contributed by atoms with Gasteiger partial charge in [0.1, 0.15) is 17.3 Å². The van der Waals surface area contributed by atoms with Gasteiger partial charge in [0.05, 0.1) is 0 Å². The number of hydrogen-bond donors (Lipinski definition) is 1. The van der Waals surface area contributed by atoms with E-state index in [-0.39, 0.29) is 11.7 Å². The zero-order valence-corrected chi connectivity index (χ0v) is 11.9. The number of hydrogen-bond acceptors (Lipinski definition) is 1. The van der Waals surface area contributed by atoms with E-state index in [1.807, 2.05) is 31.2 Å². The predicted octanol–water partition coefficient (Wildman–Crippen LogP) is 4.74. The van der Waals surface area contributed by atoms with Crippen LogP contribution in [0.4, 0.5) is 14.5 Å². The molecule has 0 heterocycles. The SMILES string of the molecule is CC(Nc1c(F)cccc1F)c1ccc(I)cc1. The van der Waals surface area contributed by atoms with Crippen LogP contribution in [-0.4, -0.2) is 0 Å². The lowest BCUT2D eigenvalue weighted by Crippen LogP contribution is -2.09. The second kappa shape index (κ2) is 5.65. The van der Waals surface area contributed by atoms with Crippen molar-refractivity contribution in [2.75, 3.05) is 5.32 Å². The van der Waals surface area contributed by atoms with Crippen molar-refractivity contribution >= 4 is 28.3 Å². The minimum Gasteiger partial charge on any atom is -0.374 e. The zero-order chi connectivity index (χ0) is 13.1. The van der Waals surface area contributed by atoms with Gasteiger partial charge in [-0.3, -0.25) is 0 Å². The molecule has 0 aliphatic carbocycles. The number of para-hydroxylation sites is 1. The Kier molecular flexibility index (Phi) is 4.16. The largest absolute Gasteiger partial charge is 0.374 e. The molecule has 1 N–H and O–H groups in total. The van der Waals surface area contributed by atoms with Crippen molar-refractivity contribution in [2.45, 2.75) is 13.0 Å². The molecule has 0 amide bonds. The summed E-state index contributed by atoms with van der Waals surface area (Å²) in [5.74, 6) is -1.15. The molecule has 0 aromatic heterocycles. The molecule has 0 saturated carbocycles. The van der Waals surface area contributed by atoms with Crippen LogP contribution in [0.3, 0.4) is 0 Å². The van der Waals surface area contributed by atoms with Gasteiger partial charge >= 0.3 is 0 Å². The molecule has 2 rings (SSSR count). The lowest BCUT2D eigenvalue weighted by atomic mass is 10.1. The second-order valence-electron chi connectivity index (χ2n) is 4.01. The molecule has 0 spiro atoms. The van der Waals surface area contributed by atoms with Gasteiger partial charge in [-0.25, -0.2) is 8.78 Å². The minimum absolute atomic E-state index is 0.0800. The van der Waals surface area contributed by atoms with Crippen molar-refractivity contribution in [1.82, 2.24) is 0 Å². The number of rotatable bonds is 3. The summed E-state index contributed by atoms with van der Waals surface area (Å²) in [5.41, 5.74) is 0.904. The summed E-state index contributed by atoms with van der Waals surface area (Å²) in [4.78, 5) is 0. The number of nitrogens with one attached hydrogen (secondary N) is 1. The first kappa shape index (κ1) is 13.3. The first-order valence-corrected chi connectivity index (χ1v) is 6.62. The van der Waals surface area contributed by atoms with E-state index in [1.54, 1.807) is 0 Å². The maximum atomic E-state index is 13.5. The third-order valence-electron chi connectivity index (χ3n) is 2.69. The first-order chi connectivity index (χ1) is 8.58. The summed E-state index contributed by atoms with van der Waals surface area (Å²) in [6.07, 6.45) is 0. The molecule has 94 valence electrons. The Morgan fingerprint density at radius 3 is 2.11 bits per heavy atom. The van der Waals surface area contributed by atoms with Gasteiger partial charge in [-0.15, -0.1) is 0 Å². The molecule has 0 aliphatic heterocycles. The molecular weight excluding hydrogens is 347 g/mol. The van der Waals surface area contributed by atoms with Gasteiger partial charge in [-0.2, -0.15) is 0 Å². The van der Waals surface area contributed by atoms with Gasteiger partial charge < -0.3 is 5.32 Å². The van der Waals surface area contributed by atoms with E-state index in [4.69, 9.17) is 0 Å². The predicted molar refractivity (Wildman–Crippen MR) is 77.6 cm³/mol. The van der Waals surface area contributed by atoms with Crippen molar-refractivity contribution in [3.05, 3.63) is 63.2 Å². The highest BCUT2D eigenvalue weighted by atomic mass is 127. The molecule has 1 nitrogen and oxygen atoms in total. The van der Waals surface area contributed by atoms with Crippen LogP contribution in [0.1, 0.15) is 18.5 Å². The molecule has 0 radical (unpaired) electrons. The van der Waals surface area contributed by atoms with E-state index >= 15 is 0 Å². The normalized spacial score (nSPS) is 12.2. The van der Waals surface area contributed by atoms with Gasteiger partial charge in [0.15, 0.2) is 0 Å². The monoisotopic (exact) mass is 359 g/mol. The van der Waals surface area contributed by atoms with Crippen molar-refractivity contribution in [3.8, 4) is 0 Å². The zero-order valence-electron chi connectivity index (χ0n) is 9.75. The van der Waals surface area contributed by atoms with E-state index in [2.05, 4.69) is 27.9 Å². The molecule has 18 heavy (non-hydrogen) atoms.